The fraction of sp³-hybridized carbons (Fsp3) is 0.200. The molecule has 1 unspecified atom stereocenters. The number of carbonyl (C=O) groups is 2. The number of ether oxygens (including phenoxy) is 1. The van der Waals surface area contributed by atoms with Gasteiger partial charge < -0.3 is 15.2 Å². The number of carbonyl (C=O) groups excluding carboxylic acids is 1. The average Bonchev–Trinajstić information content (AvgIpc) is 2.95. The molecule has 6 heteroatoms. The second-order valence-electron chi connectivity index (χ2n) is 4.35. The third kappa shape index (κ3) is 3.82. The van der Waals surface area contributed by atoms with E-state index < -0.39 is 12.0 Å². The van der Waals surface area contributed by atoms with E-state index in [1.165, 1.54) is 18.4 Å². The number of carboxylic acid groups (broad SMARTS) is 1. The number of thiophene rings is 1. The Morgan fingerprint density at radius 3 is 2.62 bits per heavy atom. The summed E-state index contributed by atoms with van der Waals surface area (Å²) in [5.74, 6) is -0.820. The van der Waals surface area contributed by atoms with Crippen molar-refractivity contribution in [1.82, 2.24) is 5.32 Å². The SMILES string of the molecule is COc1ccsc1C(=O)NC(CC(=O)O)c1ccccc1. The van der Waals surface area contributed by atoms with Gasteiger partial charge in [0.25, 0.3) is 5.91 Å². The molecule has 2 aromatic rings. The van der Waals surface area contributed by atoms with Crippen LogP contribution in [0.4, 0.5) is 0 Å². The number of rotatable bonds is 6. The molecule has 0 aliphatic carbocycles. The van der Waals surface area contributed by atoms with Crippen LogP contribution in [0.25, 0.3) is 0 Å². The van der Waals surface area contributed by atoms with Crippen molar-refractivity contribution in [2.24, 2.45) is 0 Å². The molecule has 0 bridgehead atoms. The van der Waals surface area contributed by atoms with Crippen LogP contribution < -0.4 is 10.1 Å². The van der Waals surface area contributed by atoms with Crippen molar-refractivity contribution in [3.63, 3.8) is 0 Å². The molecule has 0 aliphatic rings. The van der Waals surface area contributed by atoms with E-state index in [-0.39, 0.29) is 12.3 Å². The van der Waals surface area contributed by atoms with Gasteiger partial charge >= 0.3 is 5.97 Å². The Labute approximate surface area is 126 Å². The molecule has 5 nitrogen and oxygen atoms in total. The molecule has 1 amide bonds. The van der Waals surface area contributed by atoms with Crippen LogP contribution in [-0.2, 0) is 4.79 Å². The first-order chi connectivity index (χ1) is 10.1. The second-order valence-corrected chi connectivity index (χ2v) is 5.27. The summed E-state index contributed by atoms with van der Waals surface area (Å²) in [6.07, 6.45) is -0.177. The Hall–Kier alpha value is -2.34. The van der Waals surface area contributed by atoms with Crippen LogP contribution in [0.3, 0.4) is 0 Å². The lowest BCUT2D eigenvalue weighted by molar-refractivity contribution is -0.137. The summed E-state index contributed by atoms with van der Waals surface area (Å²) >= 11 is 1.25. The summed E-state index contributed by atoms with van der Waals surface area (Å²) in [7, 11) is 1.49. The van der Waals surface area contributed by atoms with Gasteiger partial charge in [0.1, 0.15) is 10.6 Å². The molecule has 2 N–H and O–H groups in total. The molecule has 110 valence electrons. The monoisotopic (exact) mass is 305 g/mol. The third-order valence-corrected chi connectivity index (χ3v) is 3.84. The third-order valence-electron chi connectivity index (χ3n) is 2.94. The maximum Gasteiger partial charge on any atom is 0.305 e. The zero-order valence-corrected chi connectivity index (χ0v) is 12.2. The van der Waals surface area contributed by atoms with Crippen molar-refractivity contribution in [3.05, 3.63) is 52.2 Å². The molecule has 0 radical (unpaired) electrons. The highest BCUT2D eigenvalue weighted by atomic mass is 32.1. The van der Waals surface area contributed by atoms with Gasteiger partial charge in [0.15, 0.2) is 0 Å². The van der Waals surface area contributed by atoms with E-state index in [0.29, 0.717) is 10.6 Å². The largest absolute Gasteiger partial charge is 0.495 e. The minimum Gasteiger partial charge on any atom is -0.495 e. The van der Waals surface area contributed by atoms with Gasteiger partial charge in [0.05, 0.1) is 19.6 Å². The zero-order chi connectivity index (χ0) is 15.2. The smallest absolute Gasteiger partial charge is 0.305 e. The lowest BCUT2D eigenvalue weighted by Gasteiger charge is -2.17. The predicted molar refractivity (Wildman–Crippen MR) is 79.8 cm³/mol. The normalized spacial score (nSPS) is 11.7. The topological polar surface area (TPSA) is 75.6 Å². The molecule has 0 saturated carbocycles. The predicted octanol–water partition coefficient (Wildman–Crippen LogP) is 2.70. The lowest BCUT2D eigenvalue weighted by atomic mass is 10.0. The molecule has 0 spiro atoms. The summed E-state index contributed by atoms with van der Waals surface area (Å²) < 4.78 is 5.11. The Morgan fingerprint density at radius 2 is 2.00 bits per heavy atom. The van der Waals surface area contributed by atoms with Crippen LogP contribution in [0, 0.1) is 0 Å². The first-order valence-corrected chi connectivity index (χ1v) is 7.19. The van der Waals surface area contributed by atoms with Crippen molar-refractivity contribution >= 4 is 23.2 Å². The fourth-order valence-corrected chi connectivity index (χ4v) is 2.72. The molecular formula is C15H15NO4S. The van der Waals surface area contributed by atoms with Gasteiger partial charge in [-0.1, -0.05) is 30.3 Å². The van der Waals surface area contributed by atoms with Crippen molar-refractivity contribution in [2.75, 3.05) is 7.11 Å². The molecule has 1 atom stereocenters. The van der Waals surface area contributed by atoms with E-state index in [0.717, 1.165) is 5.56 Å². The van der Waals surface area contributed by atoms with E-state index >= 15 is 0 Å². The van der Waals surface area contributed by atoms with Crippen molar-refractivity contribution < 1.29 is 19.4 Å². The Morgan fingerprint density at radius 1 is 1.29 bits per heavy atom. The van der Waals surface area contributed by atoms with E-state index in [2.05, 4.69) is 5.32 Å². The number of carboxylic acids is 1. The Balaban J connectivity index is 2.19. The first kappa shape index (κ1) is 15.1. The highest BCUT2D eigenvalue weighted by Crippen LogP contribution is 2.26. The number of aliphatic carboxylic acids is 1. The minimum atomic E-state index is -0.970. The van der Waals surface area contributed by atoms with Gasteiger partial charge in [-0.15, -0.1) is 11.3 Å². The van der Waals surface area contributed by atoms with Crippen molar-refractivity contribution in [2.45, 2.75) is 12.5 Å². The average molecular weight is 305 g/mol. The quantitative estimate of drug-likeness (QED) is 0.860. The standard InChI is InChI=1S/C15H15NO4S/c1-20-12-7-8-21-14(12)15(19)16-11(9-13(17)18)10-5-3-2-4-6-10/h2-8,11H,9H2,1H3,(H,16,19)(H,17,18). The molecule has 1 aromatic carbocycles. The van der Waals surface area contributed by atoms with Crippen LogP contribution in [0.1, 0.15) is 27.7 Å². The number of nitrogens with one attached hydrogen (secondary N) is 1. The highest BCUT2D eigenvalue weighted by Gasteiger charge is 2.21. The Kier molecular flexibility index (Phi) is 4.94. The number of methoxy groups -OCH3 is 1. The zero-order valence-electron chi connectivity index (χ0n) is 11.4. The molecule has 2 rings (SSSR count). The number of hydrogen-bond donors (Lipinski definition) is 2. The minimum absolute atomic E-state index is 0.177. The maximum absolute atomic E-state index is 12.3. The van der Waals surface area contributed by atoms with Crippen LogP contribution in [-0.4, -0.2) is 24.1 Å². The maximum atomic E-state index is 12.3. The van der Waals surface area contributed by atoms with Gasteiger partial charge in [-0.3, -0.25) is 9.59 Å². The van der Waals surface area contributed by atoms with Gasteiger partial charge in [-0.05, 0) is 17.0 Å². The molecular weight excluding hydrogens is 290 g/mol. The summed E-state index contributed by atoms with van der Waals surface area (Å²) in [6, 6.07) is 10.2. The van der Waals surface area contributed by atoms with E-state index in [9.17, 15) is 9.59 Å². The van der Waals surface area contributed by atoms with E-state index in [1.54, 1.807) is 23.6 Å². The molecule has 0 saturated heterocycles. The van der Waals surface area contributed by atoms with E-state index in [4.69, 9.17) is 9.84 Å². The van der Waals surface area contributed by atoms with Gasteiger partial charge in [0.2, 0.25) is 0 Å². The van der Waals surface area contributed by atoms with Gasteiger partial charge in [0, 0.05) is 0 Å². The number of benzene rings is 1. The molecule has 1 aromatic heterocycles. The summed E-state index contributed by atoms with van der Waals surface area (Å²) in [5, 5.41) is 13.5. The van der Waals surface area contributed by atoms with Crippen LogP contribution in [0.2, 0.25) is 0 Å². The highest BCUT2D eigenvalue weighted by molar-refractivity contribution is 7.12. The van der Waals surface area contributed by atoms with Crippen molar-refractivity contribution in [1.29, 1.82) is 0 Å². The molecule has 21 heavy (non-hydrogen) atoms. The molecule has 0 aliphatic heterocycles. The van der Waals surface area contributed by atoms with E-state index in [1.807, 2.05) is 18.2 Å². The van der Waals surface area contributed by atoms with Gasteiger partial charge in [-0.25, -0.2) is 0 Å². The second kappa shape index (κ2) is 6.90. The fourth-order valence-electron chi connectivity index (χ4n) is 1.96. The summed E-state index contributed by atoms with van der Waals surface area (Å²) in [6.45, 7) is 0. The van der Waals surface area contributed by atoms with Crippen LogP contribution >= 0.6 is 11.3 Å². The van der Waals surface area contributed by atoms with Crippen molar-refractivity contribution in [3.8, 4) is 5.75 Å². The molecule has 0 fully saturated rings. The van der Waals surface area contributed by atoms with Crippen LogP contribution in [0.15, 0.2) is 41.8 Å². The Bertz CT molecular complexity index is 624. The lowest BCUT2D eigenvalue weighted by Crippen LogP contribution is -2.29. The number of hydrogen-bond acceptors (Lipinski definition) is 4. The number of amides is 1. The summed E-state index contributed by atoms with van der Waals surface area (Å²) in [4.78, 5) is 23.7. The van der Waals surface area contributed by atoms with Crippen LogP contribution in [0.5, 0.6) is 5.75 Å². The van der Waals surface area contributed by atoms with Gasteiger partial charge in [-0.2, -0.15) is 0 Å². The summed E-state index contributed by atoms with van der Waals surface area (Å²) in [5.41, 5.74) is 0.753. The molecule has 1 heterocycles. The first-order valence-electron chi connectivity index (χ1n) is 6.31.